The van der Waals surface area contributed by atoms with Crippen molar-refractivity contribution in [2.45, 2.75) is 25.7 Å². The molecule has 0 aliphatic heterocycles. The number of carboxylic acids is 1. The van der Waals surface area contributed by atoms with Crippen molar-refractivity contribution in [1.29, 1.82) is 0 Å². The van der Waals surface area contributed by atoms with Crippen molar-refractivity contribution in [2.75, 3.05) is 11.9 Å². The lowest BCUT2D eigenvalue weighted by atomic mass is 10.1. The number of para-hydroxylation sites is 1. The number of unbranched alkanes of at least 4 members (excludes halogenated alkanes) is 2. The minimum absolute atomic E-state index is 0.106. The second-order valence-electron chi connectivity index (χ2n) is 4.19. The number of terminal acetylenes is 1. The van der Waals surface area contributed by atoms with Gasteiger partial charge in [-0.3, -0.25) is 4.79 Å². The molecule has 0 aromatic heterocycles. The highest BCUT2D eigenvalue weighted by Gasteiger charge is 2.17. The Bertz CT molecular complexity index is 502. The van der Waals surface area contributed by atoms with Crippen LogP contribution in [0.3, 0.4) is 0 Å². The van der Waals surface area contributed by atoms with E-state index < -0.39 is 5.97 Å². The van der Waals surface area contributed by atoms with Crippen LogP contribution in [0.2, 0.25) is 0 Å². The van der Waals surface area contributed by atoms with E-state index in [1.165, 1.54) is 11.0 Å². The number of carbonyl (C=O) groups excluding carboxylic acids is 1. The molecule has 1 rings (SSSR count). The van der Waals surface area contributed by atoms with Crippen molar-refractivity contribution < 1.29 is 14.7 Å². The third-order valence-electron chi connectivity index (χ3n) is 2.83. The van der Waals surface area contributed by atoms with Gasteiger partial charge in [0, 0.05) is 19.9 Å². The van der Waals surface area contributed by atoms with Gasteiger partial charge in [-0.05, 0) is 25.0 Å². The van der Waals surface area contributed by atoms with E-state index in [0.29, 0.717) is 24.9 Å². The lowest BCUT2D eigenvalue weighted by Crippen LogP contribution is -2.27. The smallest absolute Gasteiger partial charge is 0.337 e. The monoisotopic (exact) mass is 259 g/mol. The molecule has 4 nitrogen and oxygen atoms in total. The standard InChI is InChI=1S/C15H17NO3/c1-3-4-5-6-11-14(17)16(2)13-10-8-7-9-12(13)15(18)19/h1,7-10H,4-6,11H2,2H3,(H,18,19). The molecule has 0 aliphatic rings. The third-order valence-corrected chi connectivity index (χ3v) is 2.83. The molecule has 1 aromatic carbocycles. The van der Waals surface area contributed by atoms with Gasteiger partial charge in [0.2, 0.25) is 5.91 Å². The van der Waals surface area contributed by atoms with Crippen molar-refractivity contribution in [2.24, 2.45) is 0 Å². The van der Waals surface area contributed by atoms with Gasteiger partial charge in [-0.25, -0.2) is 4.79 Å². The summed E-state index contributed by atoms with van der Waals surface area (Å²) in [6.07, 6.45) is 7.67. The molecule has 1 aromatic rings. The fraction of sp³-hybridized carbons (Fsp3) is 0.333. The lowest BCUT2D eigenvalue weighted by Gasteiger charge is -2.19. The molecule has 0 unspecified atom stereocenters. The number of rotatable bonds is 6. The Kier molecular flexibility index (Phi) is 5.62. The molecular weight excluding hydrogens is 242 g/mol. The van der Waals surface area contributed by atoms with Crippen LogP contribution in [0.25, 0.3) is 0 Å². The van der Waals surface area contributed by atoms with Crippen LogP contribution in [0.1, 0.15) is 36.0 Å². The van der Waals surface area contributed by atoms with Gasteiger partial charge in [0.25, 0.3) is 0 Å². The lowest BCUT2D eigenvalue weighted by molar-refractivity contribution is -0.118. The average molecular weight is 259 g/mol. The Morgan fingerprint density at radius 2 is 2.00 bits per heavy atom. The summed E-state index contributed by atoms with van der Waals surface area (Å²) in [5.74, 6) is 1.38. The molecule has 0 saturated carbocycles. The van der Waals surface area contributed by atoms with E-state index in [4.69, 9.17) is 11.5 Å². The van der Waals surface area contributed by atoms with E-state index in [2.05, 4.69) is 5.92 Å². The summed E-state index contributed by atoms with van der Waals surface area (Å²) >= 11 is 0. The predicted octanol–water partition coefficient (Wildman–Crippen LogP) is 2.54. The highest BCUT2D eigenvalue weighted by molar-refractivity contribution is 6.01. The van der Waals surface area contributed by atoms with Crippen LogP contribution in [0.4, 0.5) is 5.69 Å². The van der Waals surface area contributed by atoms with E-state index >= 15 is 0 Å². The molecule has 19 heavy (non-hydrogen) atoms. The summed E-state index contributed by atoms with van der Waals surface area (Å²) in [7, 11) is 1.59. The quantitative estimate of drug-likeness (QED) is 0.631. The summed E-state index contributed by atoms with van der Waals surface area (Å²) in [5, 5.41) is 9.08. The summed E-state index contributed by atoms with van der Waals surface area (Å²) in [6.45, 7) is 0. The van der Waals surface area contributed by atoms with Crippen LogP contribution < -0.4 is 4.90 Å². The molecule has 4 heteroatoms. The van der Waals surface area contributed by atoms with Crippen molar-refractivity contribution in [3.63, 3.8) is 0 Å². The number of hydrogen-bond donors (Lipinski definition) is 1. The van der Waals surface area contributed by atoms with E-state index in [0.717, 1.165) is 6.42 Å². The Labute approximate surface area is 113 Å². The zero-order valence-corrected chi connectivity index (χ0v) is 10.9. The van der Waals surface area contributed by atoms with Crippen LogP contribution in [-0.4, -0.2) is 24.0 Å². The molecule has 1 N–H and O–H groups in total. The summed E-state index contributed by atoms with van der Waals surface area (Å²) < 4.78 is 0. The van der Waals surface area contributed by atoms with Gasteiger partial charge in [-0.1, -0.05) is 12.1 Å². The number of nitrogens with zero attached hydrogens (tertiary/aromatic N) is 1. The molecule has 0 saturated heterocycles. The number of benzene rings is 1. The van der Waals surface area contributed by atoms with E-state index in [1.807, 2.05) is 0 Å². The highest BCUT2D eigenvalue weighted by Crippen LogP contribution is 2.20. The van der Waals surface area contributed by atoms with Gasteiger partial charge in [-0.2, -0.15) is 0 Å². The SMILES string of the molecule is C#CCCCCC(=O)N(C)c1ccccc1C(=O)O. The van der Waals surface area contributed by atoms with E-state index in [9.17, 15) is 9.59 Å². The first-order chi connectivity index (χ1) is 9.07. The Hall–Kier alpha value is -2.28. The number of amides is 1. The highest BCUT2D eigenvalue weighted by atomic mass is 16.4. The van der Waals surface area contributed by atoms with Crippen molar-refractivity contribution in [3.8, 4) is 12.3 Å². The van der Waals surface area contributed by atoms with Gasteiger partial charge < -0.3 is 10.0 Å². The Balaban J connectivity index is 2.72. The van der Waals surface area contributed by atoms with E-state index in [1.54, 1.807) is 25.2 Å². The van der Waals surface area contributed by atoms with Crippen LogP contribution in [0, 0.1) is 12.3 Å². The zero-order chi connectivity index (χ0) is 14.3. The van der Waals surface area contributed by atoms with Crippen LogP contribution in [0.5, 0.6) is 0 Å². The molecular formula is C15H17NO3. The van der Waals surface area contributed by atoms with Gasteiger partial charge >= 0.3 is 5.97 Å². The molecule has 0 heterocycles. The maximum absolute atomic E-state index is 12.0. The van der Waals surface area contributed by atoms with Crippen LogP contribution >= 0.6 is 0 Å². The van der Waals surface area contributed by atoms with Gasteiger partial charge in [-0.15, -0.1) is 12.3 Å². The fourth-order valence-corrected chi connectivity index (χ4v) is 1.75. The van der Waals surface area contributed by atoms with E-state index in [-0.39, 0.29) is 11.5 Å². The summed E-state index contributed by atoms with van der Waals surface area (Å²) in [5.41, 5.74) is 0.541. The van der Waals surface area contributed by atoms with Crippen LogP contribution in [0.15, 0.2) is 24.3 Å². The largest absolute Gasteiger partial charge is 0.478 e. The predicted molar refractivity (Wildman–Crippen MR) is 74.1 cm³/mol. The Morgan fingerprint density at radius 3 is 2.63 bits per heavy atom. The summed E-state index contributed by atoms with van der Waals surface area (Å²) in [6, 6.07) is 6.46. The molecule has 0 spiro atoms. The molecule has 0 radical (unpaired) electrons. The first-order valence-corrected chi connectivity index (χ1v) is 6.10. The molecule has 0 atom stereocenters. The van der Waals surface area contributed by atoms with Gasteiger partial charge in [0.05, 0.1) is 11.3 Å². The van der Waals surface area contributed by atoms with Crippen molar-refractivity contribution in [3.05, 3.63) is 29.8 Å². The second-order valence-corrected chi connectivity index (χ2v) is 4.19. The molecule has 1 amide bonds. The third kappa shape index (κ3) is 4.14. The normalized spacial score (nSPS) is 9.68. The molecule has 0 aliphatic carbocycles. The second kappa shape index (κ2) is 7.22. The molecule has 0 fully saturated rings. The van der Waals surface area contributed by atoms with Gasteiger partial charge in [0.15, 0.2) is 0 Å². The number of aromatic carboxylic acids is 1. The first-order valence-electron chi connectivity index (χ1n) is 6.10. The summed E-state index contributed by atoms with van der Waals surface area (Å²) in [4.78, 5) is 24.4. The number of anilines is 1. The number of carbonyl (C=O) groups is 2. The topological polar surface area (TPSA) is 57.6 Å². The minimum atomic E-state index is -1.04. The molecule has 100 valence electrons. The number of hydrogen-bond acceptors (Lipinski definition) is 2. The van der Waals surface area contributed by atoms with Crippen molar-refractivity contribution in [1.82, 2.24) is 0 Å². The first kappa shape index (κ1) is 14.8. The molecule has 0 bridgehead atoms. The maximum atomic E-state index is 12.0. The van der Waals surface area contributed by atoms with Crippen molar-refractivity contribution >= 4 is 17.6 Å². The zero-order valence-electron chi connectivity index (χ0n) is 10.9. The van der Waals surface area contributed by atoms with Gasteiger partial charge in [0.1, 0.15) is 0 Å². The maximum Gasteiger partial charge on any atom is 0.337 e. The number of carboxylic acid groups (broad SMARTS) is 1. The average Bonchev–Trinajstić information content (AvgIpc) is 2.42. The Morgan fingerprint density at radius 1 is 1.32 bits per heavy atom. The van der Waals surface area contributed by atoms with Crippen LogP contribution in [-0.2, 0) is 4.79 Å². The minimum Gasteiger partial charge on any atom is -0.478 e. The fourth-order valence-electron chi connectivity index (χ4n) is 1.75.